The fourth-order valence-corrected chi connectivity index (χ4v) is 3.80. The Kier molecular flexibility index (Phi) is 4.13. The SMILES string of the molecule is COc1cc(C)c(CN2C[C@@H]3CCCN3C(=O)[C@@H]2C)cc1C. The zero-order valence-corrected chi connectivity index (χ0v) is 14.1. The van der Waals surface area contributed by atoms with Crippen molar-refractivity contribution >= 4 is 5.91 Å². The van der Waals surface area contributed by atoms with Crippen LogP contribution in [0.3, 0.4) is 0 Å². The van der Waals surface area contributed by atoms with E-state index in [1.54, 1.807) is 7.11 Å². The minimum atomic E-state index is -0.0174. The van der Waals surface area contributed by atoms with Crippen LogP contribution in [0.5, 0.6) is 5.75 Å². The molecule has 0 aliphatic carbocycles. The van der Waals surface area contributed by atoms with Crippen molar-refractivity contribution in [1.82, 2.24) is 9.80 Å². The zero-order chi connectivity index (χ0) is 15.9. The topological polar surface area (TPSA) is 32.8 Å². The van der Waals surface area contributed by atoms with Crippen LogP contribution in [0.2, 0.25) is 0 Å². The minimum absolute atomic E-state index is 0.0174. The molecule has 0 spiro atoms. The number of carbonyl (C=O) groups excluding carboxylic acids is 1. The summed E-state index contributed by atoms with van der Waals surface area (Å²) in [5.74, 6) is 1.24. The predicted molar refractivity (Wildman–Crippen MR) is 87.1 cm³/mol. The first-order valence-electron chi connectivity index (χ1n) is 8.20. The number of ether oxygens (including phenoxy) is 1. The lowest BCUT2D eigenvalue weighted by Gasteiger charge is -2.41. The zero-order valence-electron chi connectivity index (χ0n) is 14.1. The molecule has 2 saturated heterocycles. The molecule has 2 heterocycles. The summed E-state index contributed by atoms with van der Waals surface area (Å²) in [7, 11) is 1.71. The van der Waals surface area contributed by atoms with E-state index in [1.807, 2.05) is 6.92 Å². The van der Waals surface area contributed by atoms with Gasteiger partial charge in [-0.2, -0.15) is 0 Å². The van der Waals surface area contributed by atoms with Crippen LogP contribution in [0.4, 0.5) is 0 Å². The number of fused-ring (bicyclic) bond motifs is 1. The van der Waals surface area contributed by atoms with Crippen molar-refractivity contribution in [2.75, 3.05) is 20.2 Å². The first kappa shape index (κ1) is 15.3. The highest BCUT2D eigenvalue weighted by molar-refractivity contribution is 5.83. The van der Waals surface area contributed by atoms with Crippen molar-refractivity contribution in [2.24, 2.45) is 0 Å². The molecule has 0 saturated carbocycles. The average Bonchev–Trinajstić information content (AvgIpc) is 2.96. The van der Waals surface area contributed by atoms with Gasteiger partial charge in [0.05, 0.1) is 13.2 Å². The summed E-state index contributed by atoms with van der Waals surface area (Å²) >= 11 is 0. The largest absolute Gasteiger partial charge is 0.496 e. The summed E-state index contributed by atoms with van der Waals surface area (Å²) in [6.45, 7) is 9.02. The van der Waals surface area contributed by atoms with Crippen LogP contribution in [0, 0.1) is 13.8 Å². The van der Waals surface area contributed by atoms with Crippen LogP contribution in [0.15, 0.2) is 12.1 Å². The number of aryl methyl sites for hydroxylation is 2. The molecule has 120 valence electrons. The van der Waals surface area contributed by atoms with Crippen LogP contribution in [-0.2, 0) is 11.3 Å². The molecule has 1 aromatic carbocycles. The number of piperazine rings is 1. The minimum Gasteiger partial charge on any atom is -0.496 e. The summed E-state index contributed by atoms with van der Waals surface area (Å²) in [6.07, 6.45) is 2.30. The third kappa shape index (κ3) is 2.60. The first-order valence-corrected chi connectivity index (χ1v) is 8.20. The van der Waals surface area contributed by atoms with E-state index in [1.165, 1.54) is 11.1 Å². The number of amides is 1. The number of nitrogens with zero attached hydrogens (tertiary/aromatic N) is 2. The Morgan fingerprint density at radius 1 is 1.27 bits per heavy atom. The van der Waals surface area contributed by atoms with Gasteiger partial charge in [-0.05, 0) is 56.4 Å². The van der Waals surface area contributed by atoms with E-state index >= 15 is 0 Å². The number of hydrogen-bond donors (Lipinski definition) is 0. The molecule has 1 amide bonds. The Labute approximate surface area is 133 Å². The molecule has 2 aliphatic rings. The fraction of sp³-hybridized carbons (Fsp3) is 0.611. The molecule has 4 nitrogen and oxygen atoms in total. The van der Waals surface area contributed by atoms with E-state index in [4.69, 9.17) is 4.74 Å². The summed E-state index contributed by atoms with van der Waals surface area (Å²) in [5.41, 5.74) is 3.68. The smallest absolute Gasteiger partial charge is 0.239 e. The number of carbonyl (C=O) groups is 1. The second-order valence-electron chi connectivity index (χ2n) is 6.68. The molecule has 3 rings (SSSR count). The molecule has 4 heteroatoms. The molecule has 0 aromatic heterocycles. The third-order valence-electron chi connectivity index (χ3n) is 5.24. The lowest BCUT2D eigenvalue weighted by Crippen LogP contribution is -2.58. The van der Waals surface area contributed by atoms with Crippen molar-refractivity contribution < 1.29 is 9.53 Å². The average molecular weight is 302 g/mol. The van der Waals surface area contributed by atoms with Crippen LogP contribution < -0.4 is 4.74 Å². The Hall–Kier alpha value is -1.55. The molecule has 2 fully saturated rings. The van der Waals surface area contributed by atoms with E-state index in [0.717, 1.165) is 43.8 Å². The monoisotopic (exact) mass is 302 g/mol. The van der Waals surface area contributed by atoms with Crippen LogP contribution in [0.25, 0.3) is 0 Å². The highest BCUT2D eigenvalue weighted by atomic mass is 16.5. The van der Waals surface area contributed by atoms with Gasteiger partial charge >= 0.3 is 0 Å². The molecule has 22 heavy (non-hydrogen) atoms. The number of hydrogen-bond acceptors (Lipinski definition) is 3. The van der Waals surface area contributed by atoms with Crippen LogP contribution >= 0.6 is 0 Å². The Balaban J connectivity index is 1.80. The molecule has 2 atom stereocenters. The Morgan fingerprint density at radius 2 is 2.05 bits per heavy atom. The van der Waals surface area contributed by atoms with Crippen molar-refractivity contribution in [3.8, 4) is 5.75 Å². The maximum atomic E-state index is 12.5. The lowest BCUT2D eigenvalue weighted by atomic mass is 10.0. The van der Waals surface area contributed by atoms with Crippen molar-refractivity contribution in [3.63, 3.8) is 0 Å². The predicted octanol–water partition coefficient (Wildman–Crippen LogP) is 2.51. The number of rotatable bonds is 3. The first-order chi connectivity index (χ1) is 10.5. The molecule has 0 bridgehead atoms. The van der Waals surface area contributed by atoms with Gasteiger partial charge in [0, 0.05) is 25.7 Å². The molecular formula is C18H26N2O2. The summed E-state index contributed by atoms with van der Waals surface area (Å²) in [4.78, 5) is 17.0. The molecule has 1 aromatic rings. The van der Waals surface area contributed by atoms with E-state index in [-0.39, 0.29) is 6.04 Å². The molecule has 0 unspecified atom stereocenters. The fourth-order valence-electron chi connectivity index (χ4n) is 3.80. The highest BCUT2D eigenvalue weighted by Gasteiger charge is 2.40. The van der Waals surface area contributed by atoms with Crippen molar-refractivity contribution in [3.05, 3.63) is 28.8 Å². The van der Waals surface area contributed by atoms with Crippen LogP contribution in [0.1, 0.15) is 36.5 Å². The maximum Gasteiger partial charge on any atom is 0.239 e. The summed E-state index contributed by atoms with van der Waals surface area (Å²) in [6, 6.07) is 4.70. The lowest BCUT2D eigenvalue weighted by molar-refractivity contribution is -0.143. The molecule has 0 N–H and O–H groups in total. The number of methoxy groups -OCH3 is 1. The third-order valence-corrected chi connectivity index (χ3v) is 5.24. The van der Waals surface area contributed by atoms with Gasteiger partial charge in [-0.15, -0.1) is 0 Å². The van der Waals surface area contributed by atoms with Gasteiger partial charge in [-0.25, -0.2) is 0 Å². The number of benzene rings is 1. The molecular weight excluding hydrogens is 276 g/mol. The van der Waals surface area contributed by atoms with Gasteiger partial charge in [-0.3, -0.25) is 9.69 Å². The van der Waals surface area contributed by atoms with Crippen molar-refractivity contribution in [1.29, 1.82) is 0 Å². The van der Waals surface area contributed by atoms with Crippen molar-refractivity contribution in [2.45, 2.75) is 52.2 Å². The van der Waals surface area contributed by atoms with Gasteiger partial charge in [0.15, 0.2) is 0 Å². The van der Waals surface area contributed by atoms with Gasteiger partial charge in [0.2, 0.25) is 5.91 Å². The summed E-state index contributed by atoms with van der Waals surface area (Å²) < 4.78 is 5.39. The standard InChI is InChI=1S/C18H26N2O2/c1-12-9-17(22-4)13(2)8-15(12)10-19-11-16-6-5-7-20(16)18(21)14(19)3/h8-9,14,16H,5-7,10-11H2,1-4H3/t14-,16-/m0/s1. The van der Waals surface area contributed by atoms with E-state index < -0.39 is 0 Å². The second-order valence-corrected chi connectivity index (χ2v) is 6.68. The van der Waals surface area contributed by atoms with Gasteiger partial charge < -0.3 is 9.64 Å². The maximum absolute atomic E-state index is 12.5. The Morgan fingerprint density at radius 3 is 2.77 bits per heavy atom. The van der Waals surface area contributed by atoms with Crippen LogP contribution in [-0.4, -0.2) is 48.0 Å². The second kappa shape index (κ2) is 5.92. The molecule has 2 aliphatic heterocycles. The molecule has 0 radical (unpaired) electrons. The summed E-state index contributed by atoms with van der Waals surface area (Å²) in [5, 5.41) is 0. The van der Waals surface area contributed by atoms with E-state index in [0.29, 0.717) is 11.9 Å². The highest BCUT2D eigenvalue weighted by Crippen LogP contribution is 2.29. The Bertz CT molecular complexity index is 585. The van der Waals surface area contributed by atoms with E-state index in [9.17, 15) is 4.79 Å². The van der Waals surface area contributed by atoms with Gasteiger partial charge in [0.25, 0.3) is 0 Å². The van der Waals surface area contributed by atoms with Gasteiger partial charge in [0.1, 0.15) is 5.75 Å². The van der Waals surface area contributed by atoms with E-state index in [2.05, 4.69) is 35.8 Å². The van der Waals surface area contributed by atoms with Gasteiger partial charge in [-0.1, -0.05) is 6.07 Å². The quantitative estimate of drug-likeness (QED) is 0.860. The normalized spacial score (nSPS) is 25.5.